The molecule has 0 aliphatic rings. The monoisotopic (exact) mass is 318 g/mol. The summed E-state index contributed by atoms with van der Waals surface area (Å²) in [6.45, 7) is -3.12. The van der Waals surface area contributed by atoms with Crippen LogP contribution in [0.2, 0.25) is 0 Å². The first-order valence-corrected chi connectivity index (χ1v) is 7.05. The number of ether oxygens (including phenoxy) is 1. The lowest BCUT2D eigenvalue weighted by molar-refractivity contribution is -0.0493. The zero-order valence-electron chi connectivity index (χ0n) is 10.3. The Labute approximate surface area is 118 Å². The molecule has 2 aromatic rings. The van der Waals surface area contributed by atoms with E-state index in [9.17, 15) is 21.6 Å². The molecule has 0 unspecified atom stereocenters. The van der Waals surface area contributed by atoms with Crippen LogP contribution >= 0.6 is 0 Å². The molecule has 0 saturated carbocycles. The van der Waals surface area contributed by atoms with Crippen LogP contribution < -0.4 is 9.46 Å². The van der Waals surface area contributed by atoms with Gasteiger partial charge in [-0.1, -0.05) is 12.1 Å². The van der Waals surface area contributed by atoms with Crippen LogP contribution in [-0.2, 0) is 10.0 Å². The standard InChI is InChI=1S/C12H9F3N2O3S/c13-8-4-3-7-16-11(8)21(18,19)17-9-5-1-2-6-10(9)20-12(14)15/h1-7,12,17H. The maximum atomic E-state index is 13.5. The molecule has 112 valence electrons. The van der Waals surface area contributed by atoms with Gasteiger partial charge >= 0.3 is 6.61 Å². The fourth-order valence-corrected chi connectivity index (χ4v) is 2.59. The minimum atomic E-state index is -4.36. The molecule has 5 nitrogen and oxygen atoms in total. The van der Waals surface area contributed by atoms with Crippen molar-refractivity contribution in [2.45, 2.75) is 11.6 Å². The third-order valence-corrected chi connectivity index (χ3v) is 3.62. The van der Waals surface area contributed by atoms with Crippen molar-refractivity contribution in [1.29, 1.82) is 0 Å². The summed E-state index contributed by atoms with van der Waals surface area (Å²) in [7, 11) is -4.36. The summed E-state index contributed by atoms with van der Waals surface area (Å²) in [4.78, 5) is 3.42. The number of nitrogens with zero attached hydrogens (tertiary/aromatic N) is 1. The molecule has 0 atom stereocenters. The molecule has 0 bridgehead atoms. The molecule has 2 rings (SSSR count). The van der Waals surface area contributed by atoms with Crippen LogP contribution in [0.4, 0.5) is 18.9 Å². The molecule has 0 aliphatic heterocycles. The second kappa shape index (κ2) is 6.00. The van der Waals surface area contributed by atoms with Crippen LogP contribution in [0.5, 0.6) is 5.75 Å². The molecule has 0 amide bonds. The molecule has 1 heterocycles. The van der Waals surface area contributed by atoms with Gasteiger partial charge in [0.15, 0.2) is 5.82 Å². The van der Waals surface area contributed by atoms with Crippen molar-refractivity contribution in [3.05, 3.63) is 48.4 Å². The first-order chi connectivity index (χ1) is 9.90. The first-order valence-electron chi connectivity index (χ1n) is 5.57. The molecular weight excluding hydrogens is 309 g/mol. The van der Waals surface area contributed by atoms with E-state index in [2.05, 4.69) is 9.72 Å². The number of nitrogens with one attached hydrogen (secondary N) is 1. The largest absolute Gasteiger partial charge is 0.433 e. The third-order valence-electron chi connectivity index (χ3n) is 2.33. The predicted octanol–water partition coefficient (Wildman–Crippen LogP) is 2.62. The lowest BCUT2D eigenvalue weighted by atomic mass is 10.3. The molecule has 21 heavy (non-hydrogen) atoms. The van der Waals surface area contributed by atoms with E-state index in [1.54, 1.807) is 0 Å². The van der Waals surface area contributed by atoms with Gasteiger partial charge < -0.3 is 4.74 Å². The van der Waals surface area contributed by atoms with E-state index in [0.29, 0.717) is 0 Å². The number of rotatable bonds is 5. The highest BCUT2D eigenvalue weighted by molar-refractivity contribution is 7.92. The van der Waals surface area contributed by atoms with Crippen LogP contribution in [0.3, 0.4) is 0 Å². The Morgan fingerprint density at radius 2 is 1.86 bits per heavy atom. The Morgan fingerprint density at radius 3 is 2.52 bits per heavy atom. The molecule has 1 N–H and O–H groups in total. The quantitative estimate of drug-likeness (QED) is 0.920. The molecule has 0 saturated heterocycles. The summed E-state index contributed by atoms with van der Waals surface area (Å²) in [5.74, 6) is -1.44. The van der Waals surface area contributed by atoms with E-state index in [1.807, 2.05) is 4.72 Å². The van der Waals surface area contributed by atoms with Gasteiger partial charge in [0, 0.05) is 6.20 Å². The van der Waals surface area contributed by atoms with Crippen molar-refractivity contribution in [2.24, 2.45) is 0 Å². The molecule has 0 fully saturated rings. The van der Waals surface area contributed by atoms with E-state index < -0.39 is 27.5 Å². The second-order valence-corrected chi connectivity index (χ2v) is 5.37. The van der Waals surface area contributed by atoms with Crippen molar-refractivity contribution in [2.75, 3.05) is 4.72 Å². The van der Waals surface area contributed by atoms with Gasteiger partial charge in [0.2, 0.25) is 5.03 Å². The normalized spacial score (nSPS) is 11.4. The zero-order chi connectivity index (χ0) is 15.5. The number of benzene rings is 1. The lowest BCUT2D eigenvalue weighted by Crippen LogP contribution is -2.17. The van der Waals surface area contributed by atoms with Crippen LogP contribution in [0.15, 0.2) is 47.6 Å². The molecular formula is C12H9F3N2O3S. The topological polar surface area (TPSA) is 68.3 Å². The van der Waals surface area contributed by atoms with E-state index in [1.165, 1.54) is 24.3 Å². The van der Waals surface area contributed by atoms with Crippen molar-refractivity contribution in [3.63, 3.8) is 0 Å². The molecule has 1 aromatic carbocycles. The number of pyridine rings is 1. The zero-order valence-corrected chi connectivity index (χ0v) is 11.1. The third kappa shape index (κ3) is 3.63. The van der Waals surface area contributed by atoms with Crippen molar-refractivity contribution >= 4 is 15.7 Å². The van der Waals surface area contributed by atoms with E-state index in [-0.39, 0.29) is 11.4 Å². The van der Waals surface area contributed by atoms with Crippen LogP contribution in [-0.4, -0.2) is 20.0 Å². The SMILES string of the molecule is O=S(=O)(Nc1ccccc1OC(F)F)c1ncccc1F. The number of alkyl halides is 2. The van der Waals surface area contributed by atoms with Crippen molar-refractivity contribution in [1.82, 2.24) is 4.98 Å². The maximum Gasteiger partial charge on any atom is 0.387 e. The number of anilines is 1. The van der Waals surface area contributed by atoms with E-state index in [4.69, 9.17) is 0 Å². The van der Waals surface area contributed by atoms with Crippen molar-refractivity contribution < 1.29 is 26.3 Å². The van der Waals surface area contributed by atoms with Crippen molar-refractivity contribution in [3.8, 4) is 5.75 Å². The fourth-order valence-electron chi connectivity index (χ4n) is 1.51. The van der Waals surface area contributed by atoms with Gasteiger partial charge in [-0.15, -0.1) is 0 Å². The Kier molecular flexibility index (Phi) is 4.32. The van der Waals surface area contributed by atoms with Gasteiger partial charge in [-0.2, -0.15) is 17.2 Å². The minimum Gasteiger partial charge on any atom is -0.433 e. The van der Waals surface area contributed by atoms with Gasteiger partial charge in [0.25, 0.3) is 10.0 Å². The molecule has 0 radical (unpaired) electrons. The summed E-state index contributed by atoms with van der Waals surface area (Å²) in [5.41, 5.74) is -0.247. The van der Waals surface area contributed by atoms with E-state index in [0.717, 1.165) is 18.3 Å². The lowest BCUT2D eigenvalue weighted by Gasteiger charge is -2.12. The van der Waals surface area contributed by atoms with Crippen LogP contribution in [0.25, 0.3) is 0 Å². The van der Waals surface area contributed by atoms with Crippen LogP contribution in [0.1, 0.15) is 0 Å². The van der Waals surface area contributed by atoms with Gasteiger partial charge in [-0.05, 0) is 24.3 Å². The summed E-state index contributed by atoms with van der Waals surface area (Å²) in [6.07, 6.45) is 1.10. The fraction of sp³-hybridized carbons (Fsp3) is 0.0833. The summed E-state index contributed by atoms with van der Waals surface area (Å²) < 4.78 is 68.1. The Balaban J connectivity index is 2.36. The number of hydrogen-bond donors (Lipinski definition) is 1. The summed E-state index contributed by atoms with van der Waals surface area (Å²) in [6, 6.07) is 7.29. The average molecular weight is 318 g/mol. The Hall–Kier alpha value is -2.29. The highest BCUT2D eigenvalue weighted by Gasteiger charge is 2.22. The maximum absolute atomic E-state index is 13.5. The van der Waals surface area contributed by atoms with E-state index >= 15 is 0 Å². The molecule has 1 aromatic heterocycles. The average Bonchev–Trinajstić information content (AvgIpc) is 2.40. The minimum absolute atomic E-state index is 0.247. The van der Waals surface area contributed by atoms with Gasteiger partial charge in [0.1, 0.15) is 5.75 Å². The molecule has 0 spiro atoms. The molecule has 0 aliphatic carbocycles. The number of sulfonamides is 1. The first kappa shape index (κ1) is 15.1. The highest BCUT2D eigenvalue weighted by atomic mass is 32.2. The highest BCUT2D eigenvalue weighted by Crippen LogP contribution is 2.27. The smallest absolute Gasteiger partial charge is 0.387 e. The number of para-hydroxylation sites is 2. The van der Waals surface area contributed by atoms with Gasteiger partial charge in [-0.3, -0.25) is 4.72 Å². The second-order valence-electron chi connectivity index (χ2n) is 3.77. The van der Waals surface area contributed by atoms with Gasteiger partial charge in [0.05, 0.1) is 5.69 Å². The Bertz CT molecular complexity index is 738. The summed E-state index contributed by atoms with van der Waals surface area (Å²) in [5, 5.41) is -0.836. The van der Waals surface area contributed by atoms with Gasteiger partial charge in [-0.25, -0.2) is 9.37 Å². The Morgan fingerprint density at radius 1 is 1.14 bits per heavy atom. The number of halogens is 3. The molecule has 9 heteroatoms. The number of hydrogen-bond acceptors (Lipinski definition) is 4. The summed E-state index contributed by atoms with van der Waals surface area (Å²) >= 11 is 0. The predicted molar refractivity (Wildman–Crippen MR) is 68.1 cm³/mol. The number of aromatic nitrogens is 1. The van der Waals surface area contributed by atoms with Crippen LogP contribution in [0, 0.1) is 5.82 Å².